The van der Waals surface area contributed by atoms with E-state index in [9.17, 15) is 0 Å². The minimum absolute atomic E-state index is 0.0483. The van der Waals surface area contributed by atoms with Crippen LogP contribution in [0.1, 0.15) is 60.9 Å². The Balaban J connectivity index is 1.08. The highest BCUT2D eigenvalue weighted by Gasteiger charge is 2.37. The predicted molar refractivity (Wildman–Crippen MR) is 232 cm³/mol. The second-order valence-corrected chi connectivity index (χ2v) is 15.5. The van der Waals surface area contributed by atoms with Gasteiger partial charge in [0.1, 0.15) is 0 Å². The predicted octanol–water partition coefficient (Wildman–Crippen LogP) is 13.6. The molecule has 0 spiro atoms. The number of fused-ring (bicyclic) bond motifs is 3. The Morgan fingerprint density at radius 2 is 1.00 bits per heavy atom. The van der Waals surface area contributed by atoms with Crippen LogP contribution in [0.25, 0.3) is 67.5 Å². The molecule has 0 aliphatic heterocycles. The molecule has 0 bridgehead atoms. The Morgan fingerprint density at radius 1 is 0.464 bits per heavy atom. The van der Waals surface area contributed by atoms with Gasteiger partial charge in [0, 0.05) is 22.1 Å². The number of benzene rings is 7. The van der Waals surface area contributed by atoms with Crippen molar-refractivity contribution in [1.82, 2.24) is 15.0 Å². The second kappa shape index (κ2) is 14.7. The van der Waals surface area contributed by atoms with E-state index >= 15 is 0 Å². The van der Waals surface area contributed by atoms with Crippen LogP contribution in [-0.2, 0) is 11.8 Å². The molecule has 272 valence electrons. The van der Waals surface area contributed by atoms with Crippen LogP contribution in [0.3, 0.4) is 0 Å². The largest absolute Gasteiger partial charge is 0.208 e. The maximum atomic E-state index is 5.14. The SMILES string of the molecule is CCC(Cc1ccccc1-c1ccc2c(c1C)C(C)(C)c1ccccc1-2)c1cccc(-c2nc(-c3ccccc3)nc(-c3cccc(-c4ccccc4)c3)n2)c1. The highest BCUT2D eigenvalue weighted by Crippen LogP contribution is 2.51. The third-order valence-electron chi connectivity index (χ3n) is 11.8. The van der Waals surface area contributed by atoms with Gasteiger partial charge in [-0.1, -0.05) is 178 Å². The lowest BCUT2D eigenvalue weighted by Crippen LogP contribution is -2.17. The standard InChI is InChI=1S/C53H45N3/c1-5-36(32-41-22-12-13-27-45(41)44-30-31-47-46-28-14-15-29-48(46)53(3,4)49(47)35(44)2)39-23-16-25-42(33-39)51-54-50(38-20-10-7-11-21-38)55-52(56-51)43-26-17-24-40(34-43)37-18-8-6-9-19-37/h6-31,33-34,36H,5,32H2,1-4H3. The lowest BCUT2D eigenvalue weighted by molar-refractivity contribution is 0.655. The average molecular weight is 724 g/mol. The molecule has 1 heterocycles. The average Bonchev–Trinajstić information content (AvgIpc) is 3.50. The summed E-state index contributed by atoms with van der Waals surface area (Å²) in [4.78, 5) is 15.3. The molecule has 3 nitrogen and oxygen atoms in total. The van der Waals surface area contributed by atoms with Crippen molar-refractivity contribution < 1.29 is 0 Å². The van der Waals surface area contributed by atoms with Gasteiger partial charge in [-0.2, -0.15) is 0 Å². The molecule has 0 N–H and O–H groups in total. The van der Waals surface area contributed by atoms with Gasteiger partial charge in [-0.15, -0.1) is 0 Å². The van der Waals surface area contributed by atoms with Crippen LogP contribution in [0.2, 0.25) is 0 Å². The van der Waals surface area contributed by atoms with Gasteiger partial charge < -0.3 is 0 Å². The topological polar surface area (TPSA) is 38.7 Å². The van der Waals surface area contributed by atoms with E-state index in [2.05, 4.69) is 173 Å². The lowest BCUT2D eigenvalue weighted by atomic mass is 9.78. The van der Waals surface area contributed by atoms with Crippen molar-refractivity contribution in [2.45, 2.75) is 51.9 Å². The van der Waals surface area contributed by atoms with Crippen molar-refractivity contribution in [1.29, 1.82) is 0 Å². The molecule has 0 saturated carbocycles. The number of aromatic nitrogens is 3. The molecule has 0 fully saturated rings. The Morgan fingerprint density at radius 3 is 1.71 bits per heavy atom. The second-order valence-electron chi connectivity index (χ2n) is 15.5. The summed E-state index contributed by atoms with van der Waals surface area (Å²) < 4.78 is 0. The Bertz CT molecular complexity index is 2690. The van der Waals surface area contributed by atoms with E-state index in [4.69, 9.17) is 15.0 Å². The van der Waals surface area contributed by atoms with Gasteiger partial charge in [0.05, 0.1) is 0 Å². The fourth-order valence-electron chi connectivity index (χ4n) is 8.91. The first-order valence-corrected chi connectivity index (χ1v) is 19.8. The van der Waals surface area contributed by atoms with Crippen molar-refractivity contribution in [2.75, 3.05) is 0 Å². The van der Waals surface area contributed by atoms with Crippen molar-refractivity contribution >= 4 is 0 Å². The summed E-state index contributed by atoms with van der Waals surface area (Å²) in [7, 11) is 0. The quantitative estimate of drug-likeness (QED) is 0.149. The summed E-state index contributed by atoms with van der Waals surface area (Å²) in [6.45, 7) is 9.37. The van der Waals surface area contributed by atoms with Gasteiger partial charge in [0.25, 0.3) is 0 Å². The molecule has 1 aliphatic carbocycles. The normalized spacial score (nSPS) is 13.2. The van der Waals surface area contributed by atoms with Gasteiger partial charge in [0.2, 0.25) is 0 Å². The molecule has 0 saturated heterocycles. The first kappa shape index (κ1) is 35.3. The molecule has 0 radical (unpaired) electrons. The molecule has 7 aromatic carbocycles. The van der Waals surface area contributed by atoms with E-state index in [1.165, 1.54) is 50.1 Å². The molecule has 56 heavy (non-hydrogen) atoms. The third-order valence-corrected chi connectivity index (χ3v) is 11.8. The smallest absolute Gasteiger partial charge is 0.164 e. The highest BCUT2D eigenvalue weighted by molar-refractivity contribution is 5.86. The number of nitrogens with zero attached hydrogens (tertiary/aromatic N) is 3. The van der Waals surface area contributed by atoms with Gasteiger partial charge in [0.15, 0.2) is 17.5 Å². The van der Waals surface area contributed by atoms with Crippen LogP contribution < -0.4 is 0 Å². The molecule has 0 amide bonds. The van der Waals surface area contributed by atoms with Crippen molar-refractivity contribution in [3.05, 3.63) is 198 Å². The monoisotopic (exact) mass is 723 g/mol. The minimum atomic E-state index is -0.0483. The first-order chi connectivity index (χ1) is 27.4. The van der Waals surface area contributed by atoms with Crippen molar-refractivity contribution in [3.63, 3.8) is 0 Å². The van der Waals surface area contributed by atoms with E-state index in [1.54, 1.807) is 0 Å². The number of rotatable bonds is 9. The van der Waals surface area contributed by atoms with E-state index in [-0.39, 0.29) is 5.41 Å². The zero-order valence-corrected chi connectivity index (χ0v) is 32.5. The molecule has 1 unspecified atom stereocenters. The molecular weight excluding hydrogens is 679 g/mol. The summed E-state index contributed by atoms with van der Waals surface area (Å²) in [5.41, 5.74) is 17.4. The van der Waals surface area contributed by atoms with E-state index in [0.717, 1.165) is 40.7 Å². The molecular formula is C53H45N3. The van der Waals surface area contributed by atoms with E-state index in [0.29, 0.717) is 23.4 Å². The maximum absolute atomic E-state index is 5.14. The Hall–Kier alpha value is -6.45. The van der Waals surface area contributed by atoms with E-state index < -0.39 is 0 Å². The fourth-order valence-corrected chi connectivity index (χ4v) is 8.91. The summed E-state index contributed by atoms with van der Waals surface area (Å²) in [6, 6.07) is 60.6. The molecule has 8 aromatic rings. The maximum Gasteiger partial charge on any atom is 0.164 e. The van der Waals surface area contributed by atoms with Gasteiger partial charge in [-0.25, -0.2) is 15.0 Å². The molecule has 1 aliphatic rings. The van der Waals surface area contributed by atoms with Crippen LogP contribution in [-0.4, -0.2) is 15.0 Å². The Labute approximate surface area is 330 Å². The highest BCUT2D eigenvalue weighted by atomic mass is 15.0. The molecule has 1 aromatic heterocycles. The van der Waals surface area contributed by atoms with E-state index in [1.807, 2.05) is 24.3 Å². The van der Waals surface area contributed by atoms with Gasteiger partial charge in [-0.3, -0.25) is 0 Å². The van der Waals surface area contributed by atoms with Gasteiger partial charge >= 0.3 is 0 Å². The van der Waals surface area contributed by atoms with Gasteiger partial charge in [-0.05, 0) is 99.0 Å². The Kier molecular flexibility index (Phi) is 9.23. The molecule has 3 heteroatoms. The summed E-state index contributed by atoms with van der Waals surface area (Å²) in [5, 5.41) is 0. The van der Waals surface area contributed by atoms with Crippen LogP contribution in [0.5, 0.6) is 0 Å². The minimum Gasteiger partial charge on any atom is -0.208 e. The van der Waals surface area contributed by atoms with Crippen LogP contribution in [0.15, 0.2) is 170 Å². The molecule has 9 rings (SSSR count). The number of hydrogen-bond acceptors (Lipinski definition) is 3. The third kappa shape index (κ3) is 6.43. The van der Waals surface area contributed by atoms with Crippen LogP contribution in [0, 0.1) is 6.92 Å². The lowest BCUT2D eigenvalue weighted by Gasteiger charge is -2.25. The summed E-state index contributed by atoms with van der Waals surface area (Å²) >= 11 is 0. The van der Waals surface area contributed by atoms with Crippen LogP contribution in [0.4, 0.5) is 0 Å². The van der Waals surface area contributed by atoms with Crippen molar-refractivity contribution in [3.8, 4) is 67.5 Å². The number of hydrogen-bond donors (Lipinski definition) is 0. The van der Waals surface area contributed by atoms with Crippen molar-refractivity contribution in [2.24, 2.45) is 0 Å². The fraction of sp³-hybridized carbons (Fsp3) is 0.151. The summed E-state index contributed by atoms with van der Waals surface area (Å²) in [6.07, 6.45) is 1.94. The zero-order chi connectivity index (χ0) is 38.2. The van der Waals surface area contributed by atoms with Crippen LogP contribution >= 0.6 is 0 Å². The first-order valence-electron chi connectivity index (χ1n) is 19.8. The molecule has 1 atom stereocenters. The summed E-state index contributed by atoms with van der Waals surface area (Å²) in [5.74, 6) is 2.31. The zero-order valence-electron chi connectivity index (χ0n) is 32.5.